The van der Waals surface area contributed by atoms with Gasteiger partial charge >= 0.3 is 0 Å². The number of hydrogen-bond acceptors (Lipinski definition) is 2. The van der Waals surface area contributed by atoms with Gasteiger partial charge < -0.3 is 5.32 Å². The summed E-state index contributed by atoms with van der Waals surface area (Å²) in [6.45, 7) is 1.90. The van der Waals surface area contributed by atoms with Crippen LogP contribution in [0.2, 0.25) is 0 Å². The SMILES string of the molecule is CC1=C(C#N)CC=CN1. The van der Waals surface area contributed by atoms with Gasteiger partial charge in [0.2, 0.25) is 0 Å². The van der Waals surface area contributed by atoms with Crippen LogP contribution in [-0.4, -0.2) is 0 Å². The van der Waals surface area contributed by atoms with Gasteiger partial charge in [0, 0.05) is 12.1 Å². The largest absolute Gasteiger partial charge is 0.365 e. The average molecular weight is 120 g/mol. The molecule has 0 spiro atoms. The third kappa shape index (κ3) is 1.11. The minimum Gasteiger partial charge on any atom is -0.365 e. The zero-order valence-corrected chi connectivity index (χ0v) is 5.31. The van der Waals surface area contributed by atoms with Crippen LogP contribution in [0.4, 0.5) is 0 Å². The fraction of sp³-hybridized carbons (Fsp3) is 0.286. The van der Waals surface area contributed by atoms with Crippen LogP contribution in [-0.2, 0) is 0 Å². The first-order valence-electron chi connectivity index (χ1n) is 2.86. The smallest absolute Gasteiger partial charge is 0.0968 e. The molecule has 1 rings (SSSR count). The van der Waals surface area contributed by atoms with Crippen LogP contribution in [0.1, 0.15) is 13.3 Å². The van der Waals surface area contributed by atoms with Crippen molar-refractivity contribution >= 4 is 0 Å². The zero-order valence-electron chi connectivity index (χ0n) is 5.31. The minimum atomic E-state index is 0.773. The molecule has 0 aromatic carbocycles. The first-order chi connectivity index (χ1) is 4.34. The Morgan fingerprint density at radius 1 is 1.78 bits per heavy atom. The van der Waals surface area contributed by atoms with E-state index < -0.39 is 0 Å². The highest BCUT2D eigenvalue weighted by molar-refractivity contribution is 5.31. The number of nitrogens with one attached hydrogen (secondary N) is 1. The van der Waals surface area contributed by atoms with E-state index in [1.54, 1.807) is 0 Å². The molecule has 0 unspecified atom stereocenters. The molecule has 0 radical (unpaired) electrons. The summed E-state index contributed by atoms with van der Waals surface area (Å²) in [4.78, 5) is 0. The molecule has 0 saturated carbocycles. The van der Waals surface area contributed by atoms with Gasteiger partial charge in [0.15, 0.2) is 0 Å². The maximum atomic E-state index is 8.48. The molecule has 0 saturated heterocycles. The van der Waals surface area contributed by atoms with E-state index in [2.05, 4.69) is 11.4 Å². The number of allylic oxidation sites excluding steroid dienone is 3. The van der Waals surface area contributed by atoms with E-state index in [1.807, 2.05) is 19.2 Å². The van der Waals surface area contributed by atoms with E-state index in [9.17, 15) is 0 Å². The maximum Gasteiger partial charge on any atom is 0.0968 e. The molecule has 0 aromatic heterocycles. The van der Waals surface area contributed by atoms with Crippen LogP contribution in [0.3, 0.4) is 0 Å². The second-order valence-corrected chi connectivity index (χ2v) is 1.97. The summed E-state index contributed by atoms with van der Waals surface area (Å²) in [6, 6.07) is 2.12. The van der Waals surface area contributed by atoms with E-state index in [0.717, 1.165) is 17.7 Å². The molecule has 2 nitrogen and oxygen atoms in total. The number of hydrogen-bond donors (Lipinski definition) is 1. The molecule has 0 amide bonds. The fourth-order valence-corrected chi connectivity index (χ4v) is 0.730. The van der Waals surface area contributed by atoms with E-state index in [-0.39, 0.29) is 0 Å². The van der Waals surface area contributed by atoms with Crippen molar-refractivity contribution < 1.29 is 0 Å². The average Bonchev–Trinajstić information content (AvgIpc) is 1.89. The van der Waals surface area contributed by atoms with Gasteiger partial charge in [-0.2, -0.15) is 5.26 Å². The van der Waals surface area contributed by atoms with E-state index in [0.29, 0.717) is 0 Å². The van der Waals surface area contributed by atoms with Crippen LogP contribution in [0.5, 0.6) is 0 Å². The van der Waals surface area contributed by atoms with Gasteiger partial charge in [-0.3, -0.25) is 0 Å². The molecule has 2 heteroatoms. The molecule has 0 atom stereocenters. The standard InChI is InChI=1S/C7H8N2/c1-6-7(5-8)3-2-4-9-6/h2,4,9H,3H2,1H3. The molecule has 1 aliphatic heterocycles. The van der Waals surface area contributed by atoms with Gasteiger partial charge in [0.05, 0.1) is 11.6 Å². The number of dihydropyridines is 1. The molecule has 1 N–H and O–H groups in total. The summed E-state index contributed by atoms with van der Waals surface area (Å²) in [7, 11) is 0. The van der Waals surface area contributed by atoms with Crippen LogP contribution < -0.4 is 5.32 Å². The highest BCUT2D eigenvalue weighted by Crippen LogP contribution is 2.09. The number of rotatable bonds is 0. The highest BCUT2D eigenvalue weighted by atomic mass is 14.8. The van der Waals surface area contributed by atoms with Crippen molar-refractivity contribution in [2.45, 2.75) is 13.3 Å². The second-order valence-electron chi connectivity index (χ2n) is 1.97. The molecule has 0 bridgehead atoms. The Morgan fingerprint density at radius 2 is 2.56 bits per heavy atom. The van der Waals surface area contributed by atoms with Crippen molar-refractivity contribution in [3.05, 3.63) is 23.5 Å². The van der Waals surface area contributed by atoms with Gasteiger partial charge in [-0.05, 0) is 13.1 Å². The van der Waals surface area contributed by atoms with Crippen molar-refractivity contribution in [1.29, 1.82) is 5.26 Å². The lowest BCUT2D eigenvalue weighted by Crippen LogP contribution is -2.07. The minimum absolute atomic E-state index is 0.773. The van der Waals surface area contributed by atoms with Crippen molar-refractivity contribution in [1.82, 2.24) is 5.32 Å². The van der Waals surface area contributed by atoms with Crippen LogP contribution >= 0.6 is 0 Å². The van der Waals surface area contributed by atoms with Gasteiger partial charge in [0.25, 0.3) is 0 Å². The quantitative estimate of drug-likeness (QED) is 0.523. The highest BCUT2D eigenvalue weighted by Gasteiger charge is 2.00. The van der Waals surface area contributed by atoms with E-state index in [1.165, 1.54) is 0 Å². The maximum absolute atomic E-state index is 8.48. The Morgan fingerprint density at radius 3 is 3.00 bits per heavy atom. The third-order valence-corrected chi connectivity index (χ3v) is 1.33. The summed E-state index contributed by atoms with van der Waals surface area (Å²) in [5.41, 5.74) is 1.80. The summed E-state index contributed by atoms with van der Waals surface area (Å²) in [5.74, 6) is 0. The van der Waals surface area contributed by atoms with Gasteiger partial charge in [-0.15, -0.1) is 0 Å². The Hall–Kier alpha value is -1.23. The second kappa shape index (κ2) is 2.36. The van der Waals surface area contributed by atoms with Crippen LogP contribution in [0.15, 0.2) is 23.5 Å². The summed E-state index contributed by atoms with van der Waals surface area (Å²) >= 11 is 0. The Bertz CT molecular complexity index is 205. The van der Waals surface area contributed by atoms with Crippen molar-refractivity contribution in [2.24, 2.45) is 0 Å². The van der Waals surface area contributed by atoms with E-state index >= 15 is 0 Å². The summed E-state index contributed by atoms with van der Waals surface area (Å²) < 4.78 is 0. The van der Waals surface area contributed by atoms with Crippen molar-refractivity contribution in [3.63, 3.8) is 0 Å². The van der Waals surface area contributed by atoms with Crippen molar-refractivity contribution in [2.75, 3.05) is 0 Å². The molecule has 0 fully saturated rings. The number of nitrogens with zero attached hydrogens (tertiary/aromatic N) is 1. The molecule has 9 heavy (non-hydrogen) atoms. The topological polar surface area (TPSA) is 35.8 Å². The van der Waals surface area contributed by atoms with E-state index in [4.69, 9.17) is 5.26 Å². The van der Waals surface area contributed by atoms with Gasteiger partial charge in [-0.25, -0.2) is 0 Å². The molecule has 1 heterocycles. The zero-order chi connectivity index (χ0) is 6.69. The molecule has 0 aromatic rings. The van der Waals surface area contributed by atoms with Gasteiger partial charge in [-0.1, -0.05) is 6.08 Å². The molecule has 46 valence electrons. The normalized spacial score (nSPS) is 16.9. The molecular formula is C7H8N2. The van der Waals surface area contributed by atoms with Gasteiger partial charge in [0.1, 0.15) is 0 Å². The predicted octanol–water partition coefficient (Wildman–Crippen LogP) is 1.29. The van der Waals surface area contributed by atoms with Crippen LogP contribution in [0.25, 0.3) is 0 Å². The Labute approximate surface area is 54.5 Å². The fourth-order valence-electron chi connectivity index (χ4n) is 0.730. The van der Waals surface area contributed by atoms with Crippen LogP contribution in [0, 0.1) is 11.3 Å². The summed E-state index contributed by atoms with van der Waals surface area (Å²) in [6.07, 6.45) is 4.57. The first kappa shape index (κ1) is 5.90. The monoisotopic (exact) mass is 120 g/mol. The number of nitriles is 1. The molecular weight excluding hydrogens is 112 g/mol. The molecule has 0 aliphatic carbocycles. The lowest BCUT2D eigenvalue weighted by atomic mass is 10.1. The third-order valence-electron chi connectivity index (χ3n) is 1.33. The summed E-state index contributed by atoms with van der Waals surface area (Å²) in [5, 5.41) is 11.4. The Balaban J connectivity index is 2.79. The van der Waals surface area contributed by atoms with Crippen molar-refractivity contribution in [3.8, 4) is 6.07 Å². The predicted molar refractivity (Wildman–Crippen MR) is 35.2 cm³/mol. The first-order valence-corrected chi connectivity index (χ1v) is 2.86. The lowest BCUT2D eigenvalue weighted by Gasteiger charge is -2.07. The molecule has 1 aliphatic rings. The lowest BCUT2D eigenvalue weighted by molar-refractivity contribution is 0.970. The Kier molecular flexibility index (Phi) is 1.55.